The molecule has 0 rings (SSSR count). The molecule has 0 bridgehead atoms. The molecule has 2 nitrogen and oxygen atoms in total. The number of nitrogens with zero attached hydrogens (tertiary/aromatic N) is 1. The summed E-state index contributed by atoms with van der Waals surface area (Å²) in [6.45, 7) is 8.23. The van der Waals surface area contributed by atoms with E-state index in [2.05, 4.69) is 11.4 Å². The molecule has 0 aromatic carbocycles. The van der Waals surface area contributed by atoms with Crippen LogP contribution in [0.15, 0.2) is 12.7 Å². The zero-order valence-electron chi connectivity index (χ0n) is 4.42. The second-order valence-corrected chi connectivity index (χ2v) is 2.04. The normalized spacial score (nSPS) is 7.38. The quantitative estimate of drug-likeness (QED) is 0.342. The summed E-state index contributed by atoms with van der Waals surface area (Å²) in [4.78, 5) is 3.12. The van der Waals surface area contributed by atoms with Gasteiger partial charge in [0.2, 0.25) is 0 Å². The lowest BCUT2D eigenvalue weighted by atomic mass is 10.8. The lowest BCUT2D eigenvalue weighted by molar-refractivity contribution is 1.57. The SMILES string of the molecule is C#[N+]C(=N)SCC=C. The summed E-state index contributed by atoms with van der Waals surface area (Å²) in [5, 5.41) is 7.01. The van der Waals surface area contributed by atoms with Crippen LogP contribution in [0.2, 0.25) is 0 Å². The Morgan fingerprint density at radius 2 is 2.62 bits per heavy atom. The third-order valence-electron chi connectivity index (χ3n) is 0.455. The van der Waals surface area contributed by atoms with Crippen molar-refractivity contribution in [2.75, 3.05) is 5.75 Å². The van der Waals surface area contributed by atoms with Crippen LogP contribution in [0.4, 0.5) is 0 Å². The minimum atomic E-state index is 0.143. The van der Waals surface area contributed by atoms with E-state index in [0.717, 1.165) is 0 Å². The smallest absolute Gasteiger partial charge is 0.151 e. The second-order valence-electron chi connectivity index (χ2n) is 1.03. The monoisotopic (exact) mass is 127 g/mol. The van der Waals surface area contributed by atoms with Crippen LogP contribution in [0.1, 0.15) is 0 Å². The van der Waals surface area contributed by atoms with E-state index in [1.54, 1.807) is 6.08 Å². The van der Waals surface area contributed by atoms with Gasteiger partial charge in [0.1, 0.15) is 6.57 Å². The van der Waals surface area contributed by atoms with Gasteiger partial charge < -0.3 is 0 Å². The lowest BCUT2D eigenvalue weighted by Gasteiger charge is -1.76. The van der Waals surface area contributed by atoms with Crippen molar-refractivity contribution < 1.29 is 0 Å². The third kappa shape index (κ3) is 3.44. The van der Waals surface area contributed by atoms with Gasteiger partial charge in [-0.2, -0.15) is 4.85 Å². The Balaban J connectivity index is 3.29. The molecule has 8 heavy (non-hydrogen) atoms. The molecule has 0 aliphatic heterocycles. The first-order valence-electron chi connectivity index (χ1n) is 2.04. The van der Waals surface area contributed by atoms with Gasteiger partial charge in [-0.25, -0.2) is 0 Å². The van der Waals surface area contributed by atoms with E-state index < -0.39 is 0 Å². The highest BCUT2D eigenvalue weighted by molar-refractivity contribution is 8.14. The molecule has 0 fully saturated rings. The van der Waals surface area contributed by atoms with Crippen molar-refractivity contribution in [2.24, 2.45) is 0 Å². The molecular formula is C5H7N2S+. The summed E-state index contributed by atoms with van der Waals surface area (Å²) in [6, 6.07) is 0. The number of nitrogens with one attached hydrogen (secondary N) is 1. The zero-order chi connectivity index (χ0) is 6.41. The van der Waals surface area contributed by atoms with Crippen LogP contribution in [0.3, 0.4) is 0 Å². The summed E-state index contributed by atoms with van der Waals surface area (Å²) in [5.74, 6) is 0.694. The third-order valence-corrected chi connectivity index (χ3v) is 1.24. The molecule has 0 aliphatic rings. The molecule has 0 spiro atoms. The van der Waals surface area contributed by atoms with Gasteiger partial charge in [-0.15, -0.1) is 6.58 Å². The summed E-state index contributed by atoms with van der Waals surface area (Å²) in [5.41, 5.74) is 0. The predicted octanol–water partition coefficient (Wildman–Crippen LogP) is 1.80. The number of rotatable bonds is 2. The molecule has 0 saturated carbocycles. The van der Waals surface area contributed by atoms with Gasteiger partial charge in [0.15, 0.2) is 0 Å². The van der Waals surface area contributed by atoms with Crippen molar-refractivity contribution >= 4 is 16.9 Å². The molecule has 42 valence electrons. The summed E-state index contributed by atoms with van der Waals surface area (Å²) in [7, 11) is 0. The molecule has 0 saturated heterocycles. The fourth-order valence-corrected chi connectivity index (χ4v) is 0.525. The minimum Gasteiger partial charge on any atom is -0.151 e. The Morgan fingerprint density at radius 3 is 3.00 bits per heavy atom. The van der Waals surface area contributed by atoms with E-state index in [-0.39, 0.29) is 5.17 Å². The molecule has 0 aromatic heterocycles. The molecule has 0 aromatic rings. The van der Waals surface area contributed by atoms with Crippen LogP contribution in [0, 0.1) is 12.0 Å². The molecule has 3 heteroatoms. The number of thioether (sulfide) groups is 1. The summed E-state index contributed by atoms with van der Waals surface area (Å²) in [6.07, 6.45) is 1.70. The predicted molar refractivity (Wildman–Crippen MR) is 38.7 cm³/mol. The van der Waals surface area contributed by atoms with Gasteiger partial charge in [0, 0.05) is 5.75 Å². The van der Waals surface area contributed by atoms with Crippen molar-refractivity contribution in [3.63, 3.8) is 0 Å². The van der Waals surface area contributed by atoms with Crippen LogP contribution < -0.4 is 0 Å². The molecule has 0 amide bonds. The molecule has 0 atom stereocenters. The van der Waals surface area contributed by atoms with Crippen LogP contribution in [0.25, 0.3) is 4.85 Å². The highest BCUT2D eigenvalue weighted by atomic mass is 32.2. The number of amidine groups is 1. The van der Waals surface area contributed by atoms with Crippen molar-refractivity contribution in [1.29, 1.82) is 5.41 Å². The summed E-state index contributed by atoms with van der Waals surface area (Å²) >= 11 is 1.25. The zero-order valence-corrected chi connectivity index (χ0v) is 5.24. The molecule has 0 heterocycles. The van der Waals surface area contributed by atoms with E-state index in [1.165, 1.54) is 11.8 Å². The van der Waals surface area contributed by atoms with Crippen LogP contribution in [0.5, 0.6) is 0 Å². The van der Waals surface area contributed by atoms with E-state index in [1.807, 2.05) is 0 Å². The average molecular weight is 127 g/mol. The Morgan fingerprint density at radius 1 is 2.00 bits per heavy atom. The number of hydrogen-bond donors (Lipinski definition) is 1. The van der Waals surface area contributed by atoms with Crippen molar-refractivity contribution in [3.8, 4) is 6.57 Å². The van der Waals surface area contributed by atoms with Crippen LogP contribution >= 0.6 is 11.8 Å². The largest absolute Gasteiger partial charge is 0.454 e. The molecule has 1 N–H and O–H groups in total. The van der Waals surface area contributed by atoms with Gasteiger partial charge >= 0.3 is 5.17 Å². The van der Waals surface area contributed by atoms with E-state index in [0.29, 0.717) is 5.75 Å². The Hall–Kier alpha value is -0.750. The Labute approximate surface area is 52.9 Å². The van der Waals surface area contributed by atoms with Crippen molar-refractivity contribution in [3.05, 3.63) is 17.5 Å². The highest BCUT2D eigenvalue weighted by Gasteiger charge is 1.99. The fourth-order valence-electron chi connectivity index (χ4n) is 0.175. The van der Waals surface area contributed by atoms with Crippen molar-refractivity contribution in [2.45, 2.75) is 0 Å². The molecule has 0 aliphatic carbocycles. The maximum atomic E-state index is 6.86. The minimum absolute atomic E-state index is 0.143. The maximum absolute atomic E-state index is 6.86. The first-order chi connectivity index (χ1) is 3.81. The summed E-state index contributed by atoms with van der Waals surface area (Å²) < 4.78 is 0. The number of hydrogen-bond acceptors (Lipinski definition) is 2. The van der Waals surface area contributed by atoms with Gasteiger partial charge in [0.05, 0.1) is 0 Å². The van der Waals surface area contributed by atoms with Gasteiger partial charge in [0.25, 0.3) is 0 Å². The van der Waals surface area contributed by atoms with E-state index >= 15 is 0 Å². The molecular weight excluding hydrogens is 120 g/mol. The van der Waals surface area contributed by atoms with Gasteiger partial charge in [-0.3, -0.25) is 0 Å². The van der Waals surface area contributed by atoms with Crippen LogP contribution in [-0.4, -0.2) is 10.9 Å². The standard InChI is InChI=1S/C5H7N2S/c1-3-4-8-5(6)7-2/h2-3,6H,1,4H2/q+1. The van der Waals surface area contributed by atoms with Gasteiger partial charge in [-0.1, -0.05) is 11.5 Å². The first-order valence-corrected chi connectivity index (χ1v) is 3.03. The molecule has 0 radical (unpaired) electrons. The fraction of sp³-hybridized carbons (Fsp3) is 0.200. The second kappa shape index (κ2) is 4.41. The van der Waals surface area contributed by atoms with Crippen LogP contribution in [-0.2, 0) is 0 Å². The molecule has 0 unspecified atom stereocenters. The van der Waals surface area contributed by atoms with Gasteiger partial charge in [-0.05, 0) is 11.8 Å². The average Bonchev–Trinajstić information content (AvgIpc) is 1.83. The lowest BCUT2D eigenvalue weighted by Crippen LogP contribution is -1.78. The first kappa shape index (κ1) is 7.25. The van der Waals surface area contributed by atoms with E-state index in [9.17, 15) is 0 Å². The Bertz CT molecular complexity index is 134. The topological polar surface area (TPSA) is 28.2 Å². The van der Waals surface area contributed by atoms with Crippen molar-refractivity contribution in [1.82, 2.24) is 0 Å². The Kier molecular flexibility index (Phi) is 4.00. The maximum Gasteiger partial charge on any atom is 0.454 e. The van der Waals surface area contributed by atoms with E-state index in [4.69, 9.17) is 12.0 Å². The highest BCUT2D eigenvalue weighted by Crippen LogP contribution is 2.01.